The van der Waals surface area contributed by atoms with Gasteiger partial charge >= 0.3 is 6.03 Å². The molecule has 2 aliphatic rings. The molecule has 0 spiro atoms. The van der Waals surface area contributed by atoms with Gasteiger partial charge in [0, 0.05) is 36.9 Å². The van der Waals surface area contributed by atoms with Crippen LogP contribution in [0.4, 0.5) is 10.6 Å². The summed E-state index contributed by atoms with van der Waals surface area (Å²) < 4.78 is 1.89. The first-order chi connectivity index (χ1) is 16.2. The zero-order valence-corrected chi connectivity index (χ0v) is 19.9. The van der Waals surface area contributed by atoms with E-state index in [1.54, 1.807) is 0 Å². The fraction of sp³-hybridized carbons (Fsp3) is 0.385. The molecule has 2 atom stereocenters. The minimum Gasteiger partial charge on any atom is -0.333 e. The number of amides is 2. The third kappa shape index (κ3) is 4.80. The average Bonchev–Trinajstić information content (AvgIpc) is 3.55. The lowest BCUT2D eigenvalue weighted by atomic mass is 9.94. The first-order valence-electron chi connectivity index (χ1n) is 11.7. The highest BCUT2D eigenvalue weighted by molar-refractivity contribution is 7.98. The van der Waals surface area contributed by atoms with Crippen molar-refractivity contribution in [2.24, 2.45) is 0 Å². The summed E-state index contributed by atoms with van der Waals surface area (Å²) in [5.74, 6) is 2.19. The standard InChI is InChI=1S/C26H31N5OS/c1-33-16-15-30-17-22(19-9-4-2-5-10-19)24(18-30)27-26(32)28-25-21-13-8-14-23(21)29-31(25)20-11-6-3-7-12-20/h2-7,9-12,22,24H,8,13-18H2,1H3,(H2,27,28,32)/t22?,24-/m1/s1. The predicted octanol–water partition coefficient (Wildman–Crippen LogP) is 4.31. The van der Waals surface area contributed by atoms with Gasteiger partial charge in [-0.05, 0) is 43.2 Å². The van der Waals surface area contributed by atoms with Gasteiger partial charge in [-0.15, -0.1) is 0 Å². The first kappa shape index (κ1) is 22.0. The molecule has 33 heavy (non-hydrogen) atoms. The fourth-order valence-electron chi connectivity index (χ4n) is 5.06. The van der Waals surface area contributed by atoms with Crippen LogP contribution in [0.5, 0.6) is 0 Å². The average molecular weight is 462 g/mol. The Morgan fingerprint density at radius 3 is 2.58 bits per heavy atom. The summed E-state index contributed by atoms with van der Waals surface area (Å²) in [6, 6.07) is 20.5. The molecule has 0 bridgehead atoms. The Balaban J connectivity index is 1.35. The number of anilines is 1. The molecule has 2 amide bonds. The summed E-state index contributed by atoms with van der Waals surface area (Å²) in [5.41, 5.74) is 4.51. The number of aromatic nitrogens is 2. The third-order valence-electron chi connectivity index (χ3n) is 6.69. The fourth-order valence-corrected chi connectivity index (χ4v) is 5.50. The number of benzene rings is 2. The number of urea groups is 1. The smallest absolute Gasteiger partial charge is 0.320 e. The number of fused-ring (bicyclic) bond motifs is 1. The van der Waals surface area contributed by atoms with Gasteiger partial charge in [0.15, 0.2) is 0 Å². The maximum atomic E-state index is 13.3. The molecule has 1 aliphatic heterocycles. The normalized spacial score (nSPS) is 20.0. The Labute approximate surface area is 199 Å². The number of carbonyl (C=O) groups is 1. The lowest BCUT2D eigenvalue weighted by molar-refractivity contribution is 0.247. The molecule has 7 heteroatoms. The number of hydrogen-bond acceptors (Lipinski definition) is 4. The molecule has 3 aromatic rings. The van der Waals surface area contributed by atoms with Crippen molar-refractivity contribution in [1.82, 2.24) is 20.0 Å². The summed E-state index contributed by atoms with van der Waals surface area (Å²) in [6.07, 6.45) is 5.15. The number of carbonyl (C=O) groups excluding carboxylic acids is 1. The number of hydrogen-bond donors (Lipinski definition) is 2. The van der Waals surface area contributed by atoms with E-state index in [-0.39, 0.29) is 18.0 Å². The largest absolute Gasteiger partial charge is 0.333 e. The number of nitrogens with zero attached hydrogens (tertiary/aromatic N) is 3. The van der Waals surface area contributed by atoms with Crippen LogP contribution < -0.4 is 10.6 Å². The zero-order valence-electron chi connectivity index (χ0n) is 19.0. The van der Waals surface area contributed by atoms with Crippen molar-refractivity contribution in [2.45, 2.75) is 31.2 Å². The molecule has 6 nitrogen and oxygen atoms in total. The van der Waals surface area contributed by atoms with Crippen LogP contribution in [0.25, 0.3) is 5.69 Å². The molecular formula is C26H31N5OS. The summed E-state index contributed by atoms with van der Waals surface area (Å²) in [4.78, 5) is 15.7. The molecule has 1 aromatic heterocycles. The van der Waals surface area contributed by atoms with E-state index in [0.717, 1.165) is 61.8 Å². The summed E-state index contributed by atoms with van der Waals surface area (Å²) in [7, 11) is 0. The SMILES string of the molecule is CSCCN1CC(c2ccccc2)[C@H](NC(=O)Nc2c3c(nn2-c2ccccc2)CCC3)C1. The monoisotopic (exact) mass is 461 g/mol. The number of aryl methyl sites for hydroxylation is 1. The van der Waals surface area contributed by atoms with Crippen molar-refractivity contribution in [3.05, 3.63) is 77.5 Å². The number of nitrogens with one attached hydrogen (secondary N) is 2. The maximum absolute atomic E-state index is 13.3. The highest BCUT2D eigenvalue weighted by atomic mass is 32.2. The van der Waals surface area contributed by atoms with Crippen molar-refractivity contribution < 1.29 is 4.79 Å². The van der Waals surface area contributed by atoms with Gasteiger partial charge in [0.1, 0.15) is 5.82 Å². The van der Waals surface area contributed by atoms with E-state index in [2.05, 4.69) is 46.1 Å². The minimum absolute atomic E-state index is 0.0652. The van der Waals surface area contributed by atoms with E-state index in [9.17, 15) is 4.79 Å². The van der Waals surface area contributed by atoms with Gasteiger partial charge in [0.25, 0.3) is 0 Å². The first-order valence-corrected chi connectivity index (χ1v) is 13.1. The topological polar surface area (TPSA) is 62.2 Å². The van der Waals surface area contributed by atoms with Crippen LogP contribution in [0.1, 0.15) is 29.2 Å². The van der Waals surface area contributed by atoms with Crippen LogP contribution in [0.3, 0.4) is 0 Å². The van der Waals surface area contributed by atoms with Crippen molar-refractivity contribution in [3.8, 4) is 5.69 Å². The molecule has 1 fully saturated rings. The summed E-state index contributed by atoms with van der Waals surface area (Å²) in [5, 5.41) is 11.3. The Morgan fingerprint density at radius 2 is 1.82 bits per heavy atom. The van der Waals surface area contributed by atoms with Gasteiger partial charge in [-0.1, -0.05) is 48.5 Å². The van der Waals surface area contributed by atoms with Crippen LogP contribution in [0.2, 0.25) is 0 Å². The number of rotatable bonds is 7. The van der Waals surface area contributed by atoms with E-state index in [1.807, 2.05) is 52.8 Å². The van der Waals surface area contributed by atoms with Gasteiger partial charge in [0.2, 0.25) is 0 Å². The van der Waals surface area contributed by atoms with E-state index in [0.29, 0.717) is 0 Å². The van der Waals surface area contributed by atoms with Gasteiger partial charge < -0.3 is 5.32 Å². The molecular weight excluding hydrogens is 430 g/mol. The number of thioether (sulfide) groups is 1. The third-order valence-corrected chi connectivity index (χ3v) is 7.28. The molecule has 2 N–H and O–H groups in total. The quantitative estimate of drug-likeness (QED) is 0.550. The van der Waals surface area contributed by atoms with E-state index < -0.39 is 0 Å². The second-order valence-electron chi connectivity index (χ2n) is 8.85. The minimum atomic E-state index is -0.153. The van der Waals surface area contributed by atoms with Gasteiger partial charge in [-0.3, -0.25) is 10.2 Å². The molecule has 0 radical (unpaired) electrons. The number of para-hydroxylation sites is 1. The Bertz CT molecular complexity index is 1080. The zero-order chi connectivity index (χ0) is 22.6. The second-order valence-corrected chi connectivity index (χ2v) is 9.83. The van der Waals surface area contributed by atoms with Gasteiger partial charge in [-0.2, -0.15) is 16.9 Å². The molecule has 5 rings (SSSR count). The predicted molar refractivity (Wildman–Crippen MR) is 136 cm³/mol. The van der Waals surface area contributed by atoms with Crippen LogP contribution in [-0.2, 0) is 12.8 Å². The van der Waals surface area contributed by atoms with E-state index >= 15 is 0 Å². The molecule has 172 valence electrons. The molecule has 1 saturated heterocycles. The maximum Gasteiger partial charge on any atom is 0.320 e. The Hall–Kier alpha value is -2.77. The van der Waals surface area contributed by atoms with Crippen LogP contribution in [0.15, 0.2) is 60.7 Å². The van der Waals surface area contributed by atoms with E-state index in [1.165, 1.54) is 11.1 Å². The van der Waals surface area contributed by atoms with Gasteiger partial charge in [-0.25, -0.2) is 9.48 Å². The van der Waals surface area contributed by atoms with Crippen molar-refractivity contribution in [3.63, 3.8) is 0 Å². The highest BCUT2D eigenvalue weighted by Crippen LogP contribution is 2.32. The molecule has 1 unspecified atom stereocenters. The Morgan fingerprint density at radius 1 is 1.06 bits per heavy atom. The van der Waals surface area contributed by atoms with Crippen LogP contribution in [-0.4, -0.2) is 58.4 Å². The lowest BCUT2D eigenvalue weighted by Crippen LogP contribution is -2.42. The van der Waals surface area contributed by atoms with E-state index in [4.69, 9.17) is 5.10 Å². The van der Waals surface area contributed by atoms with Crippen LogP contribution >= 0.6 is 11.8 Å². The van der Waals surface area contributed by atoms with Crippen molar-refractivity contribution >= 4 is 23.6 Å². The Kier molecular flexibility index (Phi) is 6.69. The van der Waals surface area contributed by atoms with Crippen LogP contribution in [0, 0.1) is 0 Å². The lowest BCUT2D eigenvalue weighted by Gasteiger charge is -2.21. The summed E-state index contributed by atoms with van der Waals surface area (Å²) in [6.45, 7) is 2.87. The molecule has 1 aliphatic carbocycles. The highest BCUT2D eigenvalue weighted by Gasteiger charge is 2.35. The van der Waals surface area contributed by atoms with Gasteiger partial charge in [0.05, 0.1) is 17.4 Å². The second kappa shape index (κ2) is 10.0. The molecule has 0 saturated carbocycles. The summed E-state index contributed by atoms with van der Waals surface area (Å²) >= 11 is 1.86. The molecule has 2 heterocycles. The molecule has 2 aromatic carbocycles. The van der Waals surface area contributed by atoms with Crippen molar-refractivity contribution in [2.75, 3.05) is 37.0 Å². The number of likely N-dealkylation sites (tertiary alicyclic amines) is 1. The van der Waals surface area contributed by atoms with Crippen molar-refractivity contribution in [1.29, 1.82) is 0 Å².